The highest BCUT2D eigenvalue weighted by atomic mass is 16.5. The normalized spacial score (nSPS) is 31.8. The molecule has 1 aliphatic rings. The molecular weight excluding hydrogens is 128 g/mol. The summed E-state index contributed by atoms with van der Waals surface area (Å²) in [7, 11) is 1.60. The number of hydrogen-bond acceptors (Lipinski definition) is 2. The molecule has 0 radical (unpaired) electrons. The first-order valence-electron chi connectivity index (χ1n) is 3.39. The maximum absolute atomic E-state index is 9.25. The van der Waals surface area contributed by atoms with Crippen LogP contribution in [0.15, 0.2) is 24.5 Å². The monoisotopic (exact) mass is 140 g/mol. The number of ether oxygens (including phenoxy) is 1. The molecule has 2 nitrogen and oxygen atoms in total. The van der Waals surface area contributed by atoms with E-state index >= 15 is 0 Å². The molecule has 2 atom stereocenters. The largest absolute Gasteiger partial charge is 0.505 e. The molecule has 0 aromatic rings. The molecule has 0 aromatic carbocycles. The Hall–Kier alpha value is -0.760. The third-order valence-corrected chi connectivity index (χ3v) is 1.62. The summed E-state index contributed by atoms with van der Waals surface area (Å²) in [4.78, 5) is 0. The van der Waals surface area contributed by atoms with Gasteiger partial charge in [0.25, 0.3) is 0 Å². The summed E-state index contributed by atoms with van der Waals surface area (Å²) in [6, 6.07) is 0. The van der Waals surface area contributed by atoms with Crippen molar-refractivity contribution in [1.29, 1.82) is 0 Å². The van der Waals surface area contributed by atoms with Crippen molar-refractivity contribution in [3.63, 3.8) is 0 Å². The first-order chi connectivity index (χ1) is 4.84. The highest BCUT2D eigenvalue weighted by molar-refractivity contribution is 5.09. The minimum atomic E-state index is -0.244. The molecule has 0 aliphatic heterocycles. The molecule has 0 spiro atoms. The zero-order valence-corrected chi connectivity index (χ0v) is 6.03. The molecule has 10 heavy (non-hydrogen) atoms. The Morgan fingerprint density at radius 2 is 2.50 bits per heavy atom. The summed E-state index contributed by atoms with van der Waals surface area (Å²) in [5.74, 6) is 0.153. The van der Waals surface area contributed by atoms with Gasteiger partial charge >= 0.3 is 0 Å². The third kappa shape index (κ3) is 1.61. The van der Waals surface area contributed by atoms with E-state index in [2.05, 4.69) is 0 Å². The molecular formula is C8H12O2. The lowest BCUT2D eigenvalue weighted by Gasteiger charge is -2.06. The van der Waals surface area contributed by atoms with Gasteiger partial charge in [0.1, 0.15) is 0 Å². The van der Waals surface area contributed by atoms with Crippen molar-refractivity contribution >= 4 is 0 Å². The SMILES string of the molecule is CO/C=C/[C@@H]1C=CCC1O. The van der Waals surface area contributed by atoms with Crippen molar-refractivity contribution in [2.75, 3.05) is 7.11 Å². The minimum Gasteiger partial charge on any atom is -0.505 e. The van der Waals surface area contributed by atoms with Gasteiger partial charge in [-0.25, -0.2) is 0 Å². The molecule has 1 unspecified atom stereocenters. The van der Waals surface area contributed by atoms with E-state index in [1.165, 1.54) is 0 Å². The van der Waals surface area contributed by atoms with Gasteiger partial charge in [-0.15, -0.1) is 0 Å². The summed E-state index contributed by atoms with van der Waals surface area (Å²) in [6.07, 6.45) is 7.94. The van der Waals surface area contributed by atoms with Crippen LogP contribution in [0.5, 0.6) is 0 Å². The molecule has 1 rings (SSSR count). The zero-order chi connectivity index (χ0) is 7.40. The summed E-state index contributed by atoms with van der Waals surface area (Å²) in [6.45, 7) is 0. The van der Waals surface area contributed by atoms with Gasteiger partial charge < -0.3 is 9.84 Å². The van der Waals surface area contributed by atoms with Crippen molar-refractivity contribution in [3.8, 4) is 0 Å². The van der Waals surface area contributed by atoms with Crippen LogP contribution >= 0.6 is 0 Å². The number of hydrogen-bond donors (Lipinski definition) is 1. The first kappa shape index (κ1) is 7.35. The predicted octanol–water partition coefficient (Wildman–Crippen LogP) is 1.08. The van der Waals surface area contributed by atoms with Gasteiger partial charge in [-0.3, -0.25) is 0 Å². The van der Waals surface area contributed by atoms with Crippen LogP contribution in [-0.4, -0.2) is 18.3 Å². The van der Waals surface area contributed by atoms with Crippen LogP contribution in [0.4, 0.5) is 0 Å². The van der Waals surface area contributed by atoms with Crippen molar-refractivity contribution in [1.82, 2.24) is 0 Å². The molecule has 56 valence electrons. The maximum atomic E-state index is 9.25. The van der Waals surface area contributed by atoms with E-state index in [1.54, 1.807) is 13.4 Å². The molecule has 1 N–H and O–H groups in total. The van der Waals surface area contributed by atoms with E-state index in [4.69, 9.17) is 4.74 Å². The second kappa shape index (κ2) is 3.42. The van der Waals surface area contributed by atoms with E-state index in [-0.39, 0.29) is 12.0 Å². The third-order valence-electron chi connectivity index (χ3n) is 1.62. The molecule has 0 saturated carbocycles. The number of aliphatic hydroxyl groups excluding tert-OH is 1. The van der Waals surface area contributed by atoms with E-state index in [0.717, 1.165) is 6.42 Å². The number of methoxy groups -OCH3 is 1. The van der Waals surface area contributed by atoms with Gasteiger partial charge in [-0.05, 0) is 12.5 Å². The Bertz CT molecular complexity index is 149. The van der Waals surface area contributed by atoms with Crippen molar-refractivity contribution in [3.05, 3.63) is 24.5 Å². The van der Waals surface area contributed by atoms with E-state index < -0.39 is 0 Å². The Labute approximate surface area is 60.8 Å². The molecule has 0 saturated heterocycles. The van der Waals surface area contributed by atoms with Crippen LogP contribution < -0.4 is 0 Å². The fraction of sp³-hybridized carbons (Fsp3) is 0.500. The molecule has 0 aromatic heterocycles. The van der Waals surface area contributed by atoms with Gasteiger partial charge in [0.2, 0.25) is 0 Å². The fourth-order valence-corrected chi connectivity index (χ4v) is 1.02. The first-order valence-corrected chi connectivity index (χ1v) is 3.39. The maximum Gasteiger partial charge on any atom is 0.0791 e. The Kier molecular flexibility index (Phi) is 2.51. The summed E-state index contributed by atoms with van der Waals surface area (Å²) < 4.78 is 4.73. The average molecular weight is 140 g/mol. The summed E-state index contributed by atoms with van der Waals surface area (Å²) >= 11 is 0. The molecule has 2 heteroatoms. The Morgan fingerprint density at radius 1 is 1.70 bits per heavy atom. The van der Waals surface area contributed by atoms with Gasteiger partial charge in [-0.1, -0.05) is 12.2 Å². The van der Waals surface area contributed by atoms with E-state index in [0.29, 0.717) is 0 Å². The van der Waals surface area contributed by atoms with Crippen molar-refractivity contribution in [2.45, 2.75) is 12.5 Å². The van der Waals surface area contributed by atoms with Crippen LogP contribution in [0.25, 0.3) is 0 Å². The number of aliphatic hydroxyl groups is 1. The summed E-state index contributed by atoms with van der Waals surface area (Å²) in [5.41, 5.74) is 0. The standard InChI is InChI=1S/C8H12O2/c1-10-6-5-7-3-2-4-8(7)9/h2-3,5-9H,4H2,1H3/b6-5+/t7-,8?/m0/s1. The minimum absolute atomic E-state index is 0.153. The fourth-order valence-electron chi connectivity index (χ4n) is 1.02. The lowest BCUT2D eigenvalue weighted by molar-refractivity contribution is 0.160. The average Bonchev–Trinajstić information content (AvgIpc) is 2.31. The van der Waals surface area contributed by atoms with Crippen LogP contribution in [0.2, 0.25) is 0 Å². The predicted molar refractivity (Wildman–Crippen MR) is 39.4 cm³/mol. The van der Waals surface area contributed by atoms with Crippen molar-refractivity contribution in [2.24, 2.45) is 5.92 Å². The van der Waals surface area contributed by atoms with Crippen LogP contribution in [-0.2, 0) is 4.74 Å². The Morgan fingerprint density at radius 3 is 3.00 bits per heavy atom. The molecule has 0 bridgehead atoms. The lowest BCUT2D eigenvalue weighted by atomic mass is 10.1. The Balaban J connectivity index is 2.40. The van der Waals surface area contributed by atoms with Gasteiger partial charge in [-0.2, -0.15) is 0 Å². The second-order valence-corrected chi connectivity index (χ2v) is 2.37. The van der Waals surface area contributed by atoms with Crippen LogP contribution in [0.1, 0.15) is 6.42 Å². The zero-order valence-electron chi connectivity index (χ0n) is 6.03. The molecule has 0 fully saturated rings. The van der Waals surface area contributed by atoms with Gasteiger partial charge in [0, 0.05) is 5.92 Å². The lowest BCUT2D eigenvalue weighted by Crippen LogP contribution is -2.10. The summed E-state index contributed by atoms with van der Waals surface area (Å²) in [5, 5.41) is 9.25. The van der Waals surface area contributed by atoms with E-state index in [1.807, 2.05) is 18.2 Å². The van der Waals surface area contributed by atoms with Gasteiger partial charge in [0.05, 0.1) is 19.5 Å². The topological polar surface area (TPSA) is 29.5 Å². The van der Waals surface area contributed by atoms with Crippen LogP contribution in [0, 0.1) is 5.92 Å². The quantitative estimate of drug-likeness (QED) is 0.459. The molecule has 1 aliphatic carbocycles. The smallest absolute Gasteiger partial charge is 0.0791 e. The van der Waals surface area contributed by atoms with Crippen LogP contribution in [0.3, 0.4) is 0 Å². The second-order valence-electron chi connectivity index (χ2n) is 2.37. The van der Waals surface area contributed by atoms with Gasteiger partial charge in [0.15, 0.2) is 0 Å². The van der Waals surface area contributed by atoms with Crippen molar-refractivity contribution < 1.29 is 9.84 Å². The highest BCUT2D eigenvalue weighted by Crippen LogP contribution is 2.18. The number of rotatable bonds is 2. The van der Waals surface area contributed by atoms with E-state index in [9.17, 15) is 5.11 Å². The molecule has 0 amide bonds. The highest BCUT2D eigenvalue weighted by Gasteiger charge is 2.16. The molecule has 0 heterocycles.